The lowest BCUT2D eigenvalue weighted by atomic mass is 9.95. The Balaban J connectivity index is 1.52. The molecule has 0 bridgehead atoms. The smallest absolute Gasteiger partial charge is 0.296 e. The van der Waals surface area contributed by atoms with Gasteiger partial charge in [0, 0.05) is 5.39 Å². The molecule has 1 N–H and O–H groups in total. The number of aliphatic hydroxyl groups excluding tert-OH is 1. The predicted molar refractivity (Wildman–Crippen MR) is 149 cm³/mol. The minimum absolute atomic E-state index is 0.0234. The molecule has 5 aromatic rings. The molecule has 1 atom stereocenters. The van der Waals surface area contributed by atoms with Gasteiger partial charge in [0.25, 0.3) is 5.91 Å². The van der Waals surface area contributed by atoms with Crippen molar-refractivity contribution in [2.24, 2.45) is 0 Å². The Bertz CT molecular complexity index is 1770. The number of thiazole rings is 1. The minimum atomic E-state index is -0.982. The van der Waals surface area contributed by atoms with E-state index >= 15 is 0 Å². The summed E-state index contributed by atoms with van der Waals surface area (Å²) in [4.78, 5) is 33.6. The number of ether oxygens (including phenoxy) is 2. The van der Waals surface area contributed by atoms with Crippen LogP contribution in [0.15, 0.2) is 82.5 Å². The Morgan fingerprint density at radius 2 is 1.92 bits per heavy atom. The van der Waals surface area contributed by atoms with E-state index < -0.39 is 23.5 Å². The van der Waals surface area contributed by atoms with Crippen LogP contribution < -0.4 is 14.4 Å². The van der Waals surface area contributed by atoms with Crippen LogP contribution in [-0.2, 0) is 4.79 Å². The molecule has 2 aromatic heterocycles. The third-order valence-electron chi connectivity index (χ3n) is 6.64. The summed E-state index contributed by atoms with van der Waals surface area (Å²) in [6.07, 6.45) is 0. The summed E-state index contributed by atoms with van der Waals surface area (Å²) < 4.78 is 17.9. The number of Topliss-reactive ketones (excluding diaryl/α,β-unsaturated/α-hetero) is 1. The number of aliphatic hydroxyl groups is 1. The maximum atomic E-state index is 13.9. The number of amides is 1. The number of rotatable bonds is 7. The molecule has 39 heavy (non-hydrogen) atoms. The number of para-hydroxylation sites is 1. The Kier molecular flexibility index (Phi) is 6.07. The van der Waals surface area contributed by atoms with Crippen molar-refractivity contribution in [3.8, 4) is 11.5 Å². The van der Waals surface area contributed by atoms with E-state index in [4.69, 9.17) is 13.9 Å². The third kappa shape index (κ3) is 4.11. The maximum absolute atomic E-state index is 13.9. The number of nitrogens with zero attached hydrogens (tertiary/aromatic N) is 2. The highest BCUT2D eigenvalue weighted by Gasteiger charge is 2.47. The fraction of sp³-hybridized carbons (Fsp3) is 0.167. The van der Waals surface area contributed by atoms with Gasteiger partial charge in [-0.2, -0.15) is 0 Å². The number of methoxy groups -OCH3 is 1. The lowest BCUT2D eigenvalue weighted by Gasteiger charge is -2.25. The van der Waals surface area contributed by atoms with Crippen LogP contribution in [-0.4, -0.2) is 35.5 Å². The quantitative estimate of drug-likeness (QED) is 0.234. The first-order valence-electron chi connectivity index (χ1n) is 12.4. The zero-order valence-electron chi connectivity index (χ0n) is 21.4. The molecule has 196 valence electrons. The average Bonchev–Trinajstić information content (AvgIpc) is 3.62. The topological polar surface area (TPSA) is 102 Å². The van der Waals surface area contributed by atoms with Crippen LogP contribution in [0.5, 0.6) is 11.5 Å². The summed E-state index contributed by atoms with van der Waals surface area (Å²) in [5.74, 6) is -0.974. The first kappa shape index (κ1) is 24.7. The van der Waals surface area contributed by atoms with Gasteiger partial charge >= 0.3 is 0 Å². The van der Waals surface area contributed by atoms with Gasteiger partial charge in [0.1, 0.15) is 5.58 Å². The number of aryl methyl sites for hydroxylation is 1. The molecule has 0 fully saturated rings. The zero-order chi connectivity index (χ0) is 27.3. The molecule has 0 radical (unpaired) electrons. The van der Waals surface area contributed by atoms with Crippen LogP contribution in [0.3, 0.4) is 0 Å². The number of ketones is 1. The third-order valence-corrected chi connectivity index (χ3v) is 7.66. The van der Waals surface area contributed by atoms with Crippen LogP contribution in [0, 0.1) is 6.92 Å². The molecular formula is C30H24N2O6S. The van der Waals surface area contributed by atoms with Gasteiger partial charge in [-0.15, -0.1) is 0 Å². The van der Waals surface area contributed by atoms with Gasteiger partial charge in [-0.05, 0) is 61.4 Å². The minimum Gasteiger partial charge on any atom is -0.503 e. The first-order valence-corrected chi connectivity index (χ1v) is 13.2. The molecule has 0 aliphatic carbocycles. The molecule has 1 unspecified atom stereocenters. The molecule has 1 amide bonds. The molecule has 8 nitrogen and oxygen atoms in total. The Morgan fingerprint density at radius 3 is 2.69 bits per heavy atom. The SMILES string of the molecule is CCOc1ccc(C2C(C(=O)c3cc4ccccc4o3)=C(O)C(=O)N2c2nc3ccc(C)cc3s2)cc1OC. The van der Waals surface area contributed by atoms with Crippen molar-refractivity contribution >= 4 is 49.3 Å². The van der Waals surface area contributed by atoms with Gasteiger partial charge in [-0.1, -0.05) is 41.7 Å². The number of furan rings is 1. The number of carbonyl (C=O) groups excluding carboxylic acids is 2. The maximum Gasteiger partial charge on any atom is 0.296 e. The van der Waals surface area contributed by atoms with Crippen molar-refractivity contribution in [3.05, 3.63) is 94.9 Å². The summed E-state index contributed by atoms with van der Waals surface area (Å²) in [7, 11) is 1.52. The molecule has 0 spiro atoms. The van der Waals surface area contributed by atoms with E-state index in [9.17, 15) is 14.7 Å². The van der Waals surface area contributed by atoms with E-state index in [1.54, 1.807) is 30.3 Å². The van der Waals surface area contributed by atoms with Crippen molar-refractivity contribution in [1.82, 2.24) is 4.98 Å². The Morgan fingerprint density at radius 1 is 1.10 bits per heavy atom. The molecular weight excluding hydrogens is 516 g/mol. The molecule has 3 heterocycles. The highest BCUT2D eigenvalue weighted by Crippen LogP contribution is 2.46. The number of benzene rings is 3. The zero-order valence-corrected chi connectivity index (χ0v) is 22.2. The normalized spacial score (nSPS) is 15.5. The molecule has 6 rings (SSSR count). The molecule has 0 saturated heterocycles. The highest BCUT2D eigenvalue weighted by molar-refractivity contribution is 7.22. The van der Waals surface area contributed by atoms with E-state index in [1.807, 2.05) is 50.2 Å². The van der Waals surface area contributed by atoms with Crippen molar-refractivity contribution in [3.63, 3.8) is 0 Å². The van der Waals surface area contributed by atoms with Crippen LogP contribution in [0.2, 0.25) is 0 Å². The van der Waals surface area contributed by atoms with Crippen molar-refractivity contribution in [2.75, 3.05) is 18.6 Å². The van der Waals surface area contributed by atoms with Crippen LogP contribution in [0.4, 0.5) is 5.13 Å². The van der Waals surface area contributed by atoms with Crippen LogP contribution in [0.1, 0.15) is 34.6 Å². The fourth-order valence-electron chi connectivity index (χ4n) is 4.83. The number of hydrogen-bond acceptors (Lipinski definition) is 8. The Hall–Kier alpha value is -4.63. The van der Waals surface area contributed by atoms with Crippen molar-refractivity contribution in [2.45, 2.75) is 19.9 Å². The fourth-order valence-corrected chi connectivity index (χ4v) is 5.92. The highest BCUT2D eigenvalue weighted by atomic mass is 32.1. The monoisotopic (exact) mass is 540 g/mol. The van der Waals surface area contributed by atoms with Crippen molar-refractivity contribution < 1.29 is 28.6 Å². The van der Waals surface area contributed by atoms with E-state index in [1.165, 1.54) is 23.3 Å². The Labute approximate surface area is 227 Å². The van der Waals surface area contributed by atoms with Crippen LogP contribution in [0.25, 0.3) is 21.2 Å². The lowest BCUT2D eigenvalue weighted by molar-refractivity contribution is -0.117. The molecule has 0 saturated carbocycles. The molecule has 1 aliphatic rings. The number of fused-ring (bicyclic) bond motifs is 2. The number of anilines is 1. The second-order valence-corrected chi connectivity index (χ2v) is 10.1. The van der Waals surface area contributed by atoms with Crippen molar-refractivity contribution in [1.29, 1.82) is 0 Å². The van der Waals surface area contributed by atoms with Crippen LogP contribution >= 0.6 is 11.3 Å². The van der Waals surface area contributed by atoms with E-state index in [0.717, 1.165) is 15.6 Å². The summed E-state index contributed by atoms with van der Waals surface area (Å²) >= 11 is 1.31. The second-order valence-electron chi connectivity index (χ2n) is 9.13. The first-order chi connectivity index (χ1) is 18.9. The second kappa shape index (κ2) is 9.59. The summed E-state index contributed by atoms with van der Waals surface area (Å²) in [6.45, 7) is 4.28. The van der Waals surface area contributed by atoms with Gasteiger partial charge in [0.05, 0.1) is 35.5 Å². The van der Waals surface area contributed by atoms with Gasteiger partial charge in [-0.3, -0.25) is 14.5 Å². The largest absolute Gasteiger partial charge is 0.503 e. The summed E-state index contributed by atoms with van der Waals surface area (Å²) in [5.41, 5.74) is 2.75. The average molecular weight is 541 g/mol. The van der Waals surface area contributed by atoms with Gasteiger partial charge in [0.2, 0.25) is 5.78 Å². The van der Waals surface area contributed by atoms with Gasteiger partial charge < -0.3 is 19.0 Å². The van der Waals surface area contributed by atoms with Gasteiger partial charge in [0.15, 0.2) is 28.1 Å². The van der Waals surface area contributed by atoms with E-state index in [2.05, 4.69) is 4.98 Å². The standard InChI is InChI=1S/C30H24N2O6S/c1-4-37-21-12-10-18(15-22(21)36-3)26-25(27(33)23-14-17-7-5-6-8-20(17)38-23)28(34)29(35)32(26)30-31-19-11-9-16(2)13-24(19)39-30/h5-15,26,34H,4H2,1-3H3. The molecule has 9 heteroatoms. The molecule has 1 aliphatic heterocycles. The predicted octanol–water partition coefficient (Wildman–Crippen LogP) is 6.54. The number of aromatic nitrogens is 1. The summed E-state index contributed by atoms with van der Waals surface area (Å²) in [5, 5.41) is 12.3. The van der Waals surface area contributed by atoms with E-state index in [-0.39, 0.29) is 11.3 Å². The summed E-state index contributed by atoms with van der Waals surface area (Å²) in [6, 6.07) is 18.9. The molecule has 3 aromatic carbocycles. The van der Waals surface area contributed by atoms with Gasteiger partial charge in [-0.25, -0.2) is 4.98 Å². The number of hydrogen-bond donors (Lipinski definition) is 1. The lowest BCUT2D eigenvalue weighted by Crippen LogP contribution is -2.31. The number of carbonyl (C=O) groups is 2. The van der Waals surface area contributed by atoms with E-state index in [0.29, 0.717) is 39.9 Å².